The Balaban J connectivity index is 2.10. The Labute approximate surface area is 102 Å². The molecule has 2 nitrogen and oxygen atoms in total. The maximum Gasteiger partial charge on any atom is 0.0992 e. The summed E-state index contributed by atoms with van der Waals surface area (Å²) in [4.78, 5) is 0. The van der Waals surface area contributed by atoms with Gasteiger partial charge in [-0.3, -0.25) is 0 Å². The lowest BCUT2D eigenvalue weighted by Gasteiger charge is -2.07. The molecule has 84 valence electrons. The minimum absolute atomic E-state index is 0.695. The fourth-order valence-corrected chi connectivity index (χ4v) is 1.75. The number of anilines is 1. The van der Waals surface area contributed by atoms with Gasteiger partial charge < -0.3 is 5.32 Å². The fourth-order valence-electron chi connectivity index (χ4n) is 1.75. The third kappa shape index (κ3) is 3.09. The second-order valence-corrected chi connectivity index (χ2v) is 4.04. The first-order chi connectivity index (χ1) is 8.28. The van der Waals surface area contributed by atoms with E-state index in [1.807, 2.05) is 43.3 Å². The van der Waals surface area contributed by atoms with Crippen LogP contribution in [0.15, 0.2) is 48.5 Å². The number of hydrogen-bond donors (Lipinski definition) is 1. The van der Waals surface area contributed by atoms with Crippen molar-refractivity contribution >= 4 is 5.69 Å². The molecule has 0 amide bonds. The summed E-state index contributed by atoms with van der Waals surface area (Å²) in [6, 6.07) is 18.2. The molecule has 0 heterocycles. The van der Waals surface area contributed by atoms with E-state index in [4.69, 9.17) is 5.26 Å². The molecule has 0 aliphatic rings. The molecule has 0 aromatic heterocycles. The number of nitrogens with one attached hydrogen (secondary N) is 1. The molecule has 0 spiro atoms. The van der Waals surface area contributed by atoms with Gasteiger partial charge in [-0.05, 0) is 36.2 Å². The molecule has 2 heteroatoms. The molecule has 2 aromatic rings. The van der Waals surface area contributed by atoms with Gasteiger partial charge in [0.25, 0.3) is 0 Å². The average Bonchev–Trinajstić information content (AvgIpc) is 2.37. The van der Waals surface area contributed by atoms with Gasteiger partial charge in [0.2, 0.25) is 0 Å². The van der Waals surface area contributed by atoms with Gasteiger partial charge in [0.15, 0.2) is 0 Å². The lowest BCUT2D eigenvalue weighted by Crippen LogP contribution is -1.99. The Bertz CT molecular complexity index is 539. The van der Waals surface area contributed by atoms with Gasteiger partial charge in [0.1, 0.15) is 0 Å². The van der Waals surface area contributed by atoms with Crippen molar-refractivity contribution in [2.75, 3.05) is 5.32 Å². The largest absolute Gasteiger partial charge is 0.381 e. The molecular formula is C15H14N2. The van der Waals surface area contributed by atoms with E-state index in [2.05, 4.69) is 23.5 Å². The third-order valence-electron chi connectivity index (χ3n) is 2.55. The normalized spacial score (nSPS) is 9.65. The van der Waals surface area contributed by atoms with Crippen molar-refractivity contribution in [1.29, 1.82) is 5.26 Å². The van der Waals surface area contributed by atoms with Crippen LogP contribution in [0.1, 0.15) is 16.7 Å². The number of nitrogens with zero attached hydrogens (tertiary/aromatic N) is 1. The smallest absolute Gasteiger partial charge is 0.0992 e. The molecule has 0 aliphatic carbocycles. The Kier molecular flexibility index (Phi) is 3.42. The van der Waals surface area contributed by atoms with Crippen LogP contribution in [0, 0.1) is 18.3 Å². The van der Waals surface area contributed by atoms with Crippen molar-refractivity contribution in [3.8, 4) is 6.07 Å². The van der Waals surface area contributed by atoms with E-state index in [1.165, 1.54) is 5.56 Å². The van der Waals surface area contributed by atoms with Crippen molar-refractivity contribution in [1.82, 2.24) is 0 Å². The van der Waals surface area contributed by atoms with Gasteiger partial charge in [-0.2, -0.15) is 5.26 Å². The Morgan fingerprint density at radius 2 is 1.88 bits per heavy atom. The summed E-state index contributed by atoms with van der Waals surface area (Å²) in [7, 11) is 0. The van der Waals surface area contributed by atoms with Crippen molar-refractivity contribution in [3.05, 3.63) is 65.2 Å². The van der Waals surface area contributed by atoms with Gasteiger partial charge in [0.05, 0.1) is 11.6 Å². The highest BCUT2D eigenvalue weighted by molar-refractivity contribution is 5.52. The lowest BCUT2D eigenvalue weighted by molar-refractivity contribution is 1.15. The summed E-state index contributed by atoms with van der Waals surface area (Å²) < 4.78 is 0. The molecule has 17 heavy (non-hydrogen) atoms. The van der Waals surface area contributed by atoms with Crippen LogP contribution in [0.3, 0.4) is 0 Å². The van der Waals surface area contributed by atoms with Crippen LogP contribution in [0.2, 0.25) is 0 Å². The van der Waals surface area contributed by atoms with Gasteiger partial charge in [-0.25, -0.2) is 0 Å². The monoisotopic (exact) mass is 222 g/mol. The molecule has 0 radical (unpaired) electrons. The van der Waals surface area contributed by atoms with E-state index in [-0.39, 0.29) is 0 Å². The van der Waals surface area contributed by atoms with Crippen LogP contribution >= 0.6 is 0 Å². The Hall–Kier alpha value is -2.27. The summed E-state index contributed by atoms with van der Waals surface area (Å²) in [5.41, 5.74) is 4.01. The quantitative estimate of drug-likeness (QED) is 0.863. The van der Waals surface area contributed by atoms with Crippen molar-refractivity contribution < 1.29 is 0 Å². The van der Waals surface area contributed by atoms with E-state index in [9.17, 15) is 0 Å². The standard InChI is InChI=1S/C15H14N2/c1-12-7-14(10-16)9-15(8-12)17-11-13-5-3-2-4-6-13/h2-9,17H,11H2,1H3. The molecule has 1 N–H and O–H groups in total. The van der Waals surface area contributed by atoms with E-state index in [0.717, 1.165) is 17.8 Å². The Morgan fingerprint density at radius 1 is 1.12 bits per heavy atom. The number of aryl methyl sites for hydroxylation is 1. The summed E-state index contributed by atoms with van der Waals surface area (Å²) in [5, 5.41) is 12.2. The topological polar surface area (TPSA) is 35.8 Å². The van der Waals surface area contributed by atoms with E-state index < -0.39 is 0 Å². The predicted molar refractivity (Wildman–Crippen MR) is 69.7 cm³/mol. The van der Waals surface area contributed by atoms with E-state index >= 15 is 0 Å². The first-order valence-electron chi connectivity index (χ1n) is 5.57. The maximum atomic E-state index is 8.89. The summed E-state index contributed by atoms with van der Waals surface area (Å²) in [6.07, 6.45) is 0. The molecular weight excluding hydrogens is 208 g/mol. The molecule has 2 aromatic carbocycles. The molecule has 2 rings (SSSR count). The lowest BCUT2D eigenvalue weighted by atomic mass is 10.1. The molecule has 0 saturated carbocycles. The first kappa shape index (κ1) is 11.2. The van der Waals surface area contributed by atoms with Gasteiger partial charge >= 0.3 is 0 Å². The van der Waals surface area contributed by atoms with Crippen LogP contribution < -0.4 is 5.32 Å². The van der Waals surface area contributed by atoms with E-state index in [1.54, 1.807) is 0 Å². The molecule has 0 unspecified atom stereocenters. The fraction of sp³-hybridized carbons (Fsp3) is 0.133. The molecule has 0 saturated heterocycles. The zero-order valence-corrected chi connectivity index (χ0v) is 9.77. The highest BCUT2D eigenvalue weighted by Crippen LogP contribution is 2.14. The predicted octanol–water partition coefficient (Wildman–Crippen LogP) is 3.48. The maximum absolute atomic E-state index is 8.89. The summed E-state index contributed by atoms with van der Waals surface area (Å²) >= 11 is 0. The molecule has 0 atom stereocenters. The number of rotatable bonds is 3. The summed E-state index contributed by atoms with van der Waals surface area (Å²) in [6.45, 7) is 2.77. The molecule has 0 aliphatic heterocycles. The second kappa shape index (κ2) is 5.18. The van der Waals surface area contributed by atoms with Crippen molar-refractivity contribution in [3.63, 3.8) is 0 Å². The second-order valence-electron chi connectivity index (χ2n) is 4.04. The number of hydrogen-bond acceptors (Lipinski definition) is 2. The van der Waals surface area contributed by atoms with Crippen LogP contribution in [0.4, 0.5) is 5.69 Å². The minimum atomic E-state index is 0.695. The van der Waals surface area contributed by atoms with Crippen LogP contribution in [0.5, 0.6) is 0 Å². The average molecular weight is 222 g/mol. The van der Waals surface area contributed by atoms with Crippen molar-refractivity contribution in [2.24, 2.45) is 0 Å². The SMILES string of the molecule is Cc1cc(C#N)cc(NCc2ccccc2)c1. The third-order valence-corrected chi connectivity index (χ3v) is 2.55. The molecule has 0 bridgehead atoms. The number of nitriles is 1. The first-order valence-corrected chi connectivity index (χ1v) is 5.57. The van der Waals surface area contributed by atoms with Gasteiger partial charge in [-0.15, -0.1) is 0 Å². The molecule has 0 fully saturated rings. The minimum Gasteiger partial charge on any atom is -0.381 e. The van der Waals surface area contributed by atoms with Crippen LogP contribution in [0.25, 0.3) is 0 Å². The van der Waals surface area contributed by atoms with Gasteiger partial charge in [0, 0.05) is 12.2 Å². The van der Waals surface area contributed by atoms with Crippen molar-refractivity contribution in [2.45, 2.75) is 13.5 Å². The van der Waals surface area contributed by atoms with E-state index in [0.29, 0.717) is 5.56 Å². The van der Waals surface area contributed by atoms with Crippen LogP contribution in [-0.4, -0.2) is 0 Å². The number of benzene rings is 2. The Morgan fingerprint density at radius 3 is 2.59 bits per heavy atom. The van der Waals surface area contributed by atoms with Gasteiger partial charge in [-0.1, -0.05) is 30.3 Å². The highest BCUT2D eigenvalue weighted by Gasteiger charge is 1.98. The summed E-state index contributed by atoms with van der Waals surface area (Å²) in [5.74, 6) is 0. The van der Waals surface area contributed by atoms with Crippen LogP contribution in [-0.2, 0) is 6.54 Å². The highest BCUT2D eigenvalue weighted by atomic mass is 14.9. The zero-order chi connectivity index (χ0) is 12.1. The zero-order valence-electron chi connectivity index (χ0n) is 9.77.